The van der Waals surface area contributed by atoms with Gasteiger partial charge in [0.15, 0.2) is 11.5 Å². The Bertz CT molecular complexity index is 1720. The number of anilines is 2. The van der Waals surface area contributed by atoms with Crippen molar-refractivity contribution < 1.29 is 19.0 Å². The predicted octanol–water partition coefficient (Wildman–Crippen LogP) is 8.70. The summed E-state index contributed by atoms with van der Waals surface area (Å²) >= 11 is 0. The summed E-state index contributed by atoms with van der Waals surface area (Å²) in [5, 5.41) is 4.89. The second-order valence-electron chi connectivity index (χ2n) is 16.6. The monoisotopic (exact) mass is 730 g/mol. The number of carbonyl (C=O) groups is 1. The zero-order valence-corrected chi connectivity index (χ0v) is 34.0. The van der Waals surface area contributed by atoms with Crippen LogP contribution in [0.15, 0.2) is 54.9 Å². The molecule has 0 saturated heterocycles. The molecule has 12 heteroatoms. The van der Waals surface area contributed by atoms with Crippen molar-refractivity contribution in [2.24, 2.45) is 5.41 Å². The lowest BCUT2D eigenvalue weighted by Gasteiger charge is -2.36. The van der Waals surface area contributed by atoms with Crippen LogP contribution < -0.4 is 10.6 Å². The minimum absolute atomic E-state index is 0.0695. The maximum Gasteiger partial charge on any atom is 0.311 e. The smallest absolute Gasteiger partial charge is 0.311 e. The van der Waals surface area contributed by atoms with Gasteiger partial charge in [-0.25, -0.2) is 4.98 Å². The number of aromatic nitrogens is 4. The van der Waals surface area contributed by atoms with Gasteiger partial charge in [-0.15, -0.1) is 0 Å². The van der Waals surface area contributed by atoms with E-state index in [4.69, 9.17) is 35.0 Å². The molecule has 0 unspecified atom stereocenters. The molecule has 0 spiro atoms. The lowest BCUT2D eigenvalue weighted by molar-refractivity contribution is -0.156. The molecule has 1 saturated carbocycles. The van der Waals surface area contributed by atoms with Gasteiger partial charge in [0.25, 0.3) is 0 Å². The average molecular weight is 731 g/mol. The van der Waals surface area contributed by atoms with Crippen molar-refractivity contribution in [3.63, 3.8) is 0 Å². The van der Waals surface area contributed by atoms with Crippen LogP contribution in [0.2, 0.25) is 51.4 Å². The highest BCUT2D eigenvalue weighted by molar-refractivity contribution is 6.76. The fourth-order valence-electron chi connectivity index (χ4n) is 6.46. The second-order valence-corrected chi connectivity index (χ2v) is 27.9. The van der Waals surface area contributed by atoms with E-state index in [9.17, 15) is 4.79 Å². The Kier molecular flexibility index (Phi) is 12.4. The molecule has 1 aliphatic rings. The van der Waals surface area contributed by atoms with Crippen molar-refractivity contribution in [2.75, 3.05) is 43.9 Å². The number of ether oxygens (including phenoxy) is 3. The van der Waals surface area contributed by atoms with Gasteiger partial charge in [0, 0.05) is 58.2 Å². The van der Waals surface area contributed by atoms with Crippen LogP contribution in [0.3, 0.4) is 0 Å². The van der Waals surface area contributed by atoms with E-state index in [1.807, 2.05) is 55.0 Å². The first kappa shape index (κ1) is 38.6. The SMILES string of the molecule is CCOC(=O)C1(C)CCC(c2nc3c(-c4ccc(-c5ccccc5)nc4)cnn3c(N(COCC[Si](C)(C)C)COCC[Si](C)(C)C)c2N)CC1. The fraction of sp³-hybridized carbons (Fsp3) is 0.538. The Morgan fingerprint density at radius 1 is 0.922 bits per heavy atom. The van der Waals surface area contributed by atoms with Crippen LogP contribution in [0.1, 0.15) is 51.1 Å². The molecule has 0 bridgehead atoms. The van der Waals surface area contributed by atoms with Gasteiger partial charge in [0.2, 0.25) is 0 Å². The van der Waals surface area contributed by atoms with E-state index < -0.39 is 21.6 Å². The number of nitrogens with zero attached hydrogens (tertiary/aromatic N) is 5. The third kappa shape index (κ3) is 9.85. The topological polar surface area (TPSA) is 117 Å². The zero-order valence-electron chi connectivity index (χ0n) is 32.0. The van der Waals surface area contributed by atoms with Gasteiger partial charge in [-0.2, -0.15) is 9.61 Å². The Morgan fingerprint density at radius 2 is 1.55 bits per heavy atom. The number of pyridine rings is 1. The van der Waals surface area contributed by atoms with Gasteiger partial charge >= 0.3 is 5.97 Å². The third-order valence-electron chi connectivity index (χ3n) is 9.86. The predicted molar refractivity (Wildman–Crippen MR) is 212 cm³/mol. The van der Waals surface area contributed by atoms with E-state index in [-0.39, 0.29) is 11.9 Å². The van der Waals surface area contributed by atoms with E-state index in [1.54, 1.807) is 0 Å². The highest BCUT2D eigenvalue weighted by Crippen LogP contribution is 2.46. The quantitative estimate of drug-likeness (QED) is 0.0523. The molecular formula is C39H58N6O4Si2. The largest absolute Gasteiger partial charge is 0.466 e. The van der Waals surface area contributed by atoms with Crippen molar-refractivity contribution >= 4 is 39.3 Å². The van der Waals surface area contributed by atoms with E-state index in [0.717, 1.165) is 58.8 Å². The summed E-state index contributed by atoms with van der Waals surface area (Å²) in [5.41, 5.74) is 12.5. The highest BCUT2D eigenvalue weighted by Gasteiger charge is 2.40. The van der Waals surface area contributed by atoms with Crippen molar-refractivity contribution in [1.82, 2.24) is 19.6 Å². The van der Waals surface area contributed by atoms with Gasteiger partial charge in [0.05, 0.1) is 35.3 Å². The summed E-state index contributed by atoms with van der Waals surface area (Å²) < 4.78 is 20.0. The third-order valence-corrected chi connectivity index (χ3v) is 13.3. The molecule has 51 heavy (non-hydrogen) atoms. The molecule has 0 atom stereocenters. The van der Waals surface area contributed by atoms with Gasteiger partial charge < -0.3 is 24.8 Å². The number of benzene rings is 1. The first-order valence-corrected chi connectivity index (χ1v) is 25.9. The molecule has 276 valence electrons. The number of fused-ring (bicyclic) bond motifs is 1. The summed E-state index contributed by atoms with van der Waals surface area (Å²) in [7, 11) is -2.59. The molecule has 5 rings (SSSR count). The van der Waals surface area contributed by atoms with Crippen molar-refractivity contribution in [3.05, 3.63) is 60.6 Å². The van der Waals surface area contributed by atoms with Gasteiger partial charge in [0.1, 0.15) is 13.5 Å². The molecule has 4 aromatic rings. The van der Waals surface area contributed by atoms with Crippen LogP contribution in [0.5, 0.6) is 0 Å². The van der Waals surface area contributed by atoms with Crippen LogP contribution in [0, 0.1) is 5.41 Å². The summed E-state index contributed by atoms with van der Waals surface area (Å²) in [5.74, 6) is 0.664. The van der Waals surface area contributed by atoms with Crippen LogP contribution in [0.25, 0.3) is 28.0 Å². The Hall–Kier alpha value is -3.59. The fourth-order valence-corrected chi connectivity index (χ4v) is 7.98. The average Bonchev–Trinajstić information content (AvgIpc) is 3.51. The standard InChI is InChI=1S/C39H58N6O4Si2/c1-9-49-38(46)39(2)19-17-30(18-20-39)35-34(40)37(44(27-47-21-23-50(3,4)5)28-48-22-24-51(6,7)8)45-36(43-35)32(26-42-45)31-15-16-33(41-25-31)29-13-11-10-12-14-29/h10-16,25-26,30H,9,17-24,27-28,40H2,1-8H3. The number of nitrogens with two attached hydrogens (primary N) is 1. The lowest BCUT2D eigenvalue weighted by atomic mass is 9.70. The van der Waals surface area contributed by atoms with Crippen LogP contribution in [-0.2, 0) is 19.0 Å². The van der Waals surface area contributed by atoms with Crippen LogP contribution >= 0.6 is 0 Å². The number of esters is 1. The van der Waals surface area contributed by atoms with Crippen molar-refractivity contribution in [3.8, 4) is 22.4 Å². The minimum Gasteiger partial charge on any atom is -0.466 e. The zero-order chi connectivity index (χ0) is 36.8. The van der Waals surface area contributed by atoms with Gasteiger partial charge in [-0.05, 0) is 57.7 Å². The number of hydrogen-bond donors (Lipinski definition) is 1. The number of nitrogen functional groups attached to an aromatic ring is 1. The molecule has 3 heterocycles. The Morgan fingerprint density at radius 3 is 2.10 bits per heavy atom. The second kappa shape index (κ2) is 16.4. The summed E-state index contributed by atoms with van der Waals surface area (Å²) in [6.45, 7) is 20.4. The summed E-state index contributed by atoms with van der Waals surface area (Å²) in [6, 6.07) is 16.4. The van der Waals surface area contributed by atoms with Gasteiger partial charge in [-0.3, -0.25) is 9.78 Å². The molecule has 0 aliphatic heterocycles. The molecule has 1 fully saturated rings. The summed E-state index contributed by atoms with van der Waals surface area (Å²) in [4.78, 5) is 25.1. The minimum atomic E-state index is -1.29. The van der Waals surface area contributed by atoms with Crippen molar-refractivity contribution in [2.45, 2.75) is 96.8 Å². The summed E-state index contributed by atoms with van der Waals surface area (Å²) in [6.07, 6.45) is 6.70. The molecular weight excluding hydrogens is 673 g/mol. The van der Waals surface area contributed by atoms with Crippen LogP contribution in [-0.4, -0.2) is 75.0 Å². The van der Waals surface area contributed by atoms with E-state index in [2.05, 4.69) is 62.4 Å². The molecule has 1 aromatic carbocycles. The highest BCUT2D eigenvalue weighted by atomic mass is 28.3. The maximum atomic E-state index is 12.9. The lowest BCUT2D eigenvalue weighted by Crippen LogP contribution is -2.35. The van der Waals surface area contributed by atoms with E-state index in [0.29, 0.717) is 57.5 Å². The first-order valence-electron chi connectivity index (χ1n) is 18.5. The van der Waals surface area contributed by atoms with E-state index in [1.165, 1.54) is 0 Å². The van der Waals surface area contributed by atoms with E-state index >= 15 is 0 Å². The molecule has 1 aliphatic carbocycles. The maximum absolute atomic E-state index is 12.9. The van der Waals surface area contributed by atoms with Crippen LogP contribution in [0.4, 0.5) is 11.5 Å². The van der Waals surface area contributed by atoms with Crippen molar-refractivity contribution in [1.29, 1.82) is 0 Å². The van der Waals surface area contributed by atoms with Gasteiger partial charge in [-0.1, -0.05) is 75.7 Å². The molecule has 0 amide bonds. The first-order chi connectivity index (χ1) is 24.2. The number of carbonyl (C=O) groups excluding carboxylic acids is 1. The molecule has 3 aromatic heterocycles. The normalized spacial score (nSPS) is 18.2. The number of rotatable bonds is 16. The number of hydrogen-bond acceptors (Lipinski definition) is 9. The Labute approximate surface area is 306 Å². The molecule has 10 nitrogen and oxygen atoms in total. The Balaban J connectivity index is 1.55. The molecule has 0 radical (unpaired) electrons. The molecule has 2 N–H and O–H groups in total.